The monoisotopic (exact) mass is 1430 g/mol. The van der Waals surface area contributed by atoms with Crippen molar-refractivity contribution in [2.24, 2.45) is 11.8 Å². The van der Waals surface area contributed by atoms with Crippen LogP contribution in [0.25, 0.3) is 0 Å². The van der Waals surface area contributed by atoms with E-state index in [4.69, 9.17) is 37.0 Å². The number of esters is 4. The number of aliphatic hydroxyl groups is 1. The molecule has 0 spiro atoms. The fraction of sp³-hybridized carbons (Fsp3) is 0.899. The molecule has 0 amide bonds. The van der Waals surface area contributed by atoms with Crippen molar-refractivity contribution in [2.75, 3.05) is 39.6 Å². The molecule has 0 fully saturated rings. The average Bonchev–Trinajstić information content (AvgIpc) is 1.74. The Kier molecular flexibility index (Phi) is 68.5. The van der Waals surface area contributed by atoms with Gasteiger partial charge in [0.2, 0.25) is 0 Å². The van der Waals surface area contributed by atoms with Crippen LogP contribution in [0.2, 0.25) is 0 Å². The Morgan fingerprint density at radius 1 is 0.316 bits per heavy atom. The maximum absolute atomic E-state index is 13.1. The number of phosphoric acid groups is 2. The third-order valence-electron chi connectivity index (χ3n) is 17.8. The SMILES string of the molecule is CCCCCC/C=C\C=C/CCCCCCCC(=O)OC[C@H](COP(=O)(O)OC[C@@H](O)COP(=O)(O)OC[C@@H](COC(=O)CCCCCCCCCCC(C)C)OC(=O)CCCCCCCCCCCCCCC)OC(=O)CCCCCCCCCCCCCCCCCCC(C)C. The number of carbonyl (C=O) groups excluding carboxylic acids is 4. The predicted molar refractivity (Wildman–Crippen MR) is 400 cm³/mol. The summed E-state index contributed by atoms with van der Waals surface area (Å²) >= 11 is 0. The molecule has 0 aromatic carbocycles. The van der Waals surface area contributed by atoms with Gasteiger partial charge in [-0.2, -0.15) is 0 Å². The van der Waals surface area contributed by atoms with Gasteiger partial charge in [-0.05, 0) is 63.2 Å². The fourth-order valence-electron chi connectivity index (χ4n) is 11.6. The van der Waals surface area contributed by atoms with E-state index in [0.717, 1.165) is 121 Å². The lowest BCUT2D eigenvalue weighted by Gasteiger charge is -2.21. The van der Waals surface area contributed by atoms with Crippen LogP contribution in [0, 0.1) is 11.8 Å². The minimum atomic E-state index is -4.97. The zero-order valence-electron chi connectivity index (χ0n) is 63.6. The molecule has 0 saturated heterocycles. The molecule has 98 heavy (non-hydrogen) atoms. The Morgan fingerprint density at radius 3 is 0.837 bits per heavy atom. The molecular weight excluding hydrogens is 1280 g/mol. The van der Waals surface area contributed by atoms with Gasteiger partial charge in [-0.3, -0.25) is 37.3 Å². The number of allylic oxidation sites excluding steroid dienone is 4. The highest BCUT2D eigenvalue weighted by atomic mass is 31.2. The quantitative estimate of drug-likeness (QED) is 0.0169. The van der Waals surface area contributed by atoms with E-state index in [1.54, 1.807) is 0 Å². The third kappa shape index (κ3) is 71.9. The highest BCUT2D eigenvalue weighted by molar-refractivity contribution is 7.47. The van der Waals surface area contributed by atoms with E-state index >= 15 is 0 Å². The third-order valence-corrected chi connectivity index (χ3v) is 19.7. The molecule has 0 saturated carbocycles. The number of aliphatic hydroxyl groups excluding tert-OH is 1. The van der Waals surface area contributed by atoms with Crippen molar-refractivity contribution in [1.82, 2.24) is 0 Å². The second-order valence-electron chi connectivity index (χ2n) is 28.7. The van der Waals surface area contributed by atoms with Crippen LogP contribution in [0.1, 0.15) is 388 Å². The van der Waals surface area contributed by atoms with Gasteiger partial charge in [-0.15, -0.1) is 0 Å². The number of rotatable bonds is 76. The number of hydrogen-bond acceptors (Lipinski definition) is 15. The smallest absolute Gasteiger partial charge is 0.462 e. The standard InChI is InChI=1S/C79H150O17P2/c1-7-9-11-13-15-17-19-21-24-29-32-36-43-49-55-61-76(81)89-67-74(95-79(84)64-58-52-46-38-34-30-26-23-22-25-28-31-35-41-47-53-59-71(3)4)69-93-97(85,86)91-65-73(80)66-92-98(87,88)94-70-75(68-90-77(82)62-56-50-44-40-39-42-48-54-60-72(5)6)96-78(83)63-57-51-45-37-33-27-20-18-16-14-12-10-8-2/h17,19,21,24,71-75,80H,7-16,18,20,22-23,25-70H2,1-6H3,(H,85,86)(H,87,88)/b19-17-,24-21-/t73-,74-,75-/m1/s1. The van der Waals surface area contributed by atoms with Gasteiger partial charge in [0.05, 0.1) is 26.4 Å². The largest absolute Gasteiger partial charge is 0.472 e. The van der Waals surface area contributed by atoms with Gasteiger partial charge in [0.1, 0.15) is 19.3 Å². The first-order chi connectivity index (χ1) is 47.4. The van der Waals surface area contributed by atoms with Gasteiger partial charge in [0.25, 0.3) is 0 Å². The average molecular weight is 1430 g/mol. The van der Waals surface area contributed by atoms with Crippen LogP contribution in [-0.4, -0.2) is 96.7 Å². The summed E-state index contributed by atoms with van der Waals surface area (Å²) in [7, 11) is -9.93. The summed E-state index contributed by atoms with van der Waals surface area (Å²) in [6, 6.07) is 0. The number of hydrogen-bond donors (Lipinski definition) is 3. The maximum atomic E-state index is 13.1. The van der Waals surface area contributed by atoms with Gasteiger partial charge in [0.15, 0.2) is 12.2 Å². The van der Waals surface area contributed by atoms with Crippen LogP contribution in [-0.2, 0) is 65.4 Å². The van der Waals surface area contributed by atoms with Crippen LogP contribution >= 0.6 is 15.6 Å². The summed E-state index contributed by atoms with van der Waals surface area (Å²) in [6.45, 7) is 9.55. The molecule has 2 unspecified atom stereocenters. The molecule has 0 radical (unpaired) electrons. The molecule has 0 bridgehead atoms. The minimum absolute atomic E-state index is 0.101. The van der Waals surface area contributed by atoms with E-state index in [9.17, 15) is 43.2 Å². The van der Waals surface area contributed by atoms with Crippen molar-refractivity contribution < 1.29 is 80.2 Å². The van der Waals surface area contributed by atoms with E-state index in [0.29, 0.717) is 25.7 Å². The molecule has 17 nitrogen and oxygen atoms in total. The summed E-state index contributed by atoms with van der Waals surface area (Å²) in [5.74, 6) is -0.609. The summed E-state index contributed by atoms with van der Waals surface area (Å²) < 4.78 is 68.6. The van der Waals surface area contributed by atoms with E-state index in [-0.39, 0.29) is 25.7 Å². The Balaban J connectivity index is 5.28. The Morgan fingerprint density at radius 2 is 0.551 bits per heavy atom. The normalized spacial score (nSPS) is 14.1. The van der Waals surface area contributed by atoms with Crippen molar-refractivity contribution in [3.8, 4) is 0 Å². The number of phosphoric ester groups is 2. The van der Waals surface area contributed by atoms with Gasteiger partial charge in [0, 0.05) is 25.7 Å². The summed E-state index contributed by atoms with van der Waals surface area (Å²) in [5, 5.41) is 10.6. The molecule has 578 valence electrons. The zero-order valence-corrected chi connectivity index (χ0v) is 65.4. The first-order valence-corrected chi connectivity index (χ1v) is 43.3. The van der Waals surface area contributed by atoms with Crippen molar-refractivity contribution in [1.29, 1.82) is 0 Å². The van der Waals surface area contributed by atoms with E-state index < -0.39 is 97.5 Å². The highest BCUT2D eigenvalue weighted by Gasteiger charge is 2.30. The zero-order chi connectivity index (χ0) is 72.1. The number of carbonyl (C=O) groups is 4. The van der Waals surface area contributed by atoms with E-state index in [1.165, 1.54) is 186 Å². The molecule has 0 aliphatic rings. The van der Waals surface area contributed by atoms with Crippen LogP contribution in [0.3, 0.4) is 0 Å². The molecule has 0 rings (SSSR count). The van der Waals surface area contributed by atoms with Crippen LogP contribution in [0.15, 0.2) is 24.3 Å². The molecule has 0 aromatic rings. The van der Waals surface area contributed by atoms with E-state index in [2.05, 4.69) is 65.8 Å². The maximum Gasteiger partial charge on any atom is 0.472 e. The lowest BCUT2D eigenvalue weighted by atomic mass is 10.0. The Bertz CT molecular complexity index is 1980. The summed E-state index contributed by atoms with van der Waals surface area (Å²) in [5.41, 5.74) is 0. The molecular formula is C79H150O17P2. The summed E-state index contributed by atoms with van der Waals surface area (Å²) in [4.78, 5) is 72.9. The molecule has 0 aliphatic carbocycles. The molecule has 0 aromatic heterocycles. The second kappa shape index (κ2) is 70.2. The van der Waals surface area contributed by atoms with Crippen molar-refractivity contribution in [3.05, 3.63) is 24.3 Å². The van der Waals surface area contributed by atoms with Crippen LogP contribution in [0.4, 0.5) is 0 Å². The minimum Gasteiger partial charge on any atom is -0.462 e. The molecule has 0 heterocycles. The lowest BCUT2D eigenvalue weighted by molar-refractivity contribution is -0.161. The van der Waals surface area contributed by atoms with Crippen LogP contribution in [0.5, 0.6) is 0 Å². The first-order valence-electron chi connectivity index (χ1n) is 40.3. The number of unbranched alkanes of at least 4 members (excludes halogenated alkanes) is 43. The predicted octanol–water partition coefficient (Wildman–Crippen LogP) is 23.1. The van der Waals surface area contributed by atoms with Crippen molar-refractivity contribution in [3.63, 3.8) is 0 Å². The lowest BCUT2D eigenvalue weighted by Crippen LogP contribution is -2.30. The molecule has 5 atom stereocenters. The van der Waals surface area contributed by atoms with Crippen molar-refractivity contribution in [2.45, 2.75) is 407 Å². The van der Waals surface area contributed by atoms with Crippen LogP contribution < -0.4 is 0 Å². The summed E-state index contributed by atoms with van der Waals surface area (Å²) in [6.07, 6.45) is 61.8. The topological polar surface area (TPSA) is 237 Å². The highest BCUT2D eigenvalue weighted by Crippen LogP contribution is 2.45. The Hall–Kier alpha value is -2.46. The van der Waals surface area contributed by atoms with Gasteiger partial charge < -0.3 is 33.8 Å². The van der Waals surface area contributed by atoms with Gasteiger partial charge in [-0.25, -0.2) is 9.13 Å². The molecule has 3 N–H and O–H groups in total. The first kappa shape index (κ1) is 95.5. The van der Waals surface area contributed by atoms with Gasteiger partial charge in [-0.1, -0.05) is 336 Å². The molecule has 0 aliphatic heterocycles. The number of ether oxygens (including phenoxy) is 4. The molecule has 19 heteroatoms. The Labute approximate surface area is 599 Å². The fourth-order valence-corrected chi connectivity index (χ4v) is 13.2. The van der Waals surface area contributed by atoms with Gasteiger partial charge >= 0.3 is 39.5 Å². The van der Waals surface area contributed by atoms with E-state index in [1.807, 2.05) is 0 Å². The van der Waals surface area contributed by atoms with Crippen molar-refractivity contribution >= 4 is 39.5 Å². The second-order valence-corrected chi connectivity index (χ2v) is 31.6.